The van der Waals surface area contributed by atoms with Crippen molar-refractivity contribution in [1.82, 2.24) is 4.31 Å². The van der Waals surface area contributed by atoms with Gasteiger partial charge in [0.1, 0.15) is 6.07 Å². The highest BCUT2D eigenvalue weighted by atomic mass is 35.5. The highest BCUT2D eigenvalue weighted by Gasteiger charge is 2.33. The van der Waals surface area contributed by atoms with Crippen molar-refractivity contribution in [3.63, 3.8) is 0 Å². The monoisotopic (exact) mass is 457 g/mol. The van der Waals surface area contributed by atoms with Crippen molar-refractivity contribution in [3.05, 3.63) is 62.6 Å². The number of rotatable bonds is 5. The van der Waals surface area contributed by atoms with Gasteiger partial charge >= 0.3 is 0 Å². The maximum absolute atomic E-state index is 11.9. The van der Waals surface area contributed by atoms with E-state index in [4.69, 9.17) is 40.1 Å². The maximum Gasteiger partial charge on any atom is 0.211 e. The van der Waals surface area contributed by atoms with Crippen molar-refractivity contribution >= 4 is 50.5 Å². The molecule has 1 saturated heterocycles. The number of hydrogen-bond donors (Lipinski definition) is 0. The number of anilines is 1. The molecule has 5 nitrogen and oxygen atoms in total. The highest BCUT2D eigenvalue weighted by molar-refractivity contribution is 7.88. The van der Waals surface area contributed by atoms with Crippen LogP contribution in [0.15, 0.2) is 36.4 Å². The van der Waals surface area contributed by atoms with Gasteiger partial charge in [-0.3, -0.25) is 0 Å². The molecular weight excluding hydrogens is 441 g/mol. The van der Waals surface area contributed by atoms with Gasteiger partial charge in [-0.2, -0.15) is 5.26 Å². The standard InChI is InChI=1S/C19H18Cl3N3O2S/c1-28(26,27)24-7-6-17(12-24)25(11-14-2-4-15(20)8-18(14)21)16-5-3-13(10-23)19(22)9-16/h2-5,8-9,17H,6-7,11-12H2,1H3/t17-/m0/s1. The van der Waals surface area contributed by atoms with Crippen LogP contribution in [-0.2, 0) is 16.6 Å². The minimum Gasteiger partial charge on any atom is -0.363 e. The van der Waals surface area contributed by atoms with Crippen molar-refractivity contribution in [2.24, 2.45) is 0 Å². The Kier molecular flexibility index (Phi) is 6.43. The predicted molar refractivity (Wildman–Crippen MR) is 114 cm³/mol. The van der Waals surface area contributed by atoms with Crippen LogP contribution in [-0.4, -0.2) is 38.1 Å². The highest BCUT2D eigenvalue weighted by Crippen LogP contribution is 2.31. The van der Waals surface area contributed by atoms with E-state index in [9.17, 15) is 8.42 Å². The summed E-state index contributed by atoms with van der Waals surface area (Å²) in [6, 6.07) is 12.5. The molecule has 1 atom stereocenters. The van der Waals surface area contributed by atoms with E-state index in [0.29, 0.717) is 46.7 Å². The molecule has 0 aromatic heterocycles. The molecule has 148 valence electrons. The van der Waals surface area contributed by atoms with E-state index in [-0.39, 0.29) is 6.04 Å². The molecule has 0 aliphatic carbocycles. The van der Waals surface area contributed by atoms with Crippen molar-refractivity contribution < 1.29 is 8.42 Å². The van der Waals surface area contributed by atoms with Gasteiger partial charge in [0.25, 0.3) is 0 Å². The molecule has 9 heteroatoms. The van der Waals surface area contributed by atoms with Gasteiger partial charge in [-0.1, -0.05) is 40.9 Å². The Morgan fingerprint density at radius 3 is 2.50 bits per heavy atom. The van der Waals surface area contributed by atoms with Gasteiger partial charge in [-0.05, 0) is 42.3 Å². The summed E-state index contributed by atoms with van der Waals surface area (Å²) >= 11 is 18.6. The molecule has 0 unspecified atom stereocenters. The molecule has 0 saturated carbocycles. The topological polar surface area (TPSA) is 64.4 Å². The first-order valence-electron chi connectivity index (χ1n) is 8.54. The summed E-state index contributed by atoms with van der Waals surface area (Å²) in [6.07, 6.45) is 1.89. The van der Waals surface area contributed by atoms with Gasteiger partial charge in [0.05, 0.1) is 16.8 Å². The summed E-state index contributed by atoms with van der Waals surface area (Å²) in [5.74, 6) is 0. The molecule has 1 aliphatic rings. The summed E-state index contributed by atoms with van der Waals surface area (Å²) < 4.78 is 25.4. The lowest BCUT2D eigenvalue weighted by molar-refractivity contribution is 0.473. The van der Waals surface area contributed by atoms with E-state index in [1.54, 1.807) is 24.3 Å². The first-order chi connectivity index (χ1) is 13.2. The zero-order chi connectivity index (χ0) is 20.5. The molecule has 28 heavy (non-hydrogen) atoms. The smallest absolute Gasteiger partial charge is 0.211 e. The number of nitriles is 1. The molecule has 3 rings (SSSR count). The number of nitrogens with zero attached hydrogens (tertiary/aromatic N) is 3. The predicted octanol–water partition coefficient (Wildman–Crippen LogP) is 4.56. The maximum atomic E-state index is 11.9. The number of benzene rings is 2. The van der Waals surface area contributed by atoms with Crippen LogP contribution in [0.1, 0.15) is 17.5 Å². The first-order valence-corrected chi connectivity index (χ1v) is 11.5. The zero-order valence-electron chi connectivity index (χ0n) is 15.1. The Balaban J connectivity index is 1.97. The van der Waals surface area contributed by atoms with Crippen LogP contribution in [0.2, 0.25) is 15.1 Å². The van der Waals surface area contributed by atoms with Crippen LogP contribution in [0.4, 0.5) is 5.69 Å². The number of sulfonamides is 1. The van der Waals surface area contributed by atoms with E-state index in [1.807, 2.05) is 18.2 Å². The van der Waals surface area contributed by atoms with E-state index >= 15 is 0 Å². The molecule has 1 fully saturated rings. The fraction of sp³-hybridized carbons (Fsp3) is 0.316. The van der Waals surface area contributed by atoms with Gasteiger partial charge in [-0.15, -0.1) is 0 Å². The molecule has 0 spiro atoms. The molecule has 2 aromatic rings. The van der Waals surface area contributed by atoms with Crippen LogP contribution in [0.3, 0.4) is 0 Å². The second kappa shape index (κ2) is 8.48. The Bertz CT molecular complexity index is 1040. The van der Waals surface area contributed by atoms with Crippen molar-refractivity contribution in [3.8, 4) is 6.07 Å². The summed E-state index contributed by atoms with van der Waals surface area (Å²) in [7, 11) is -3.26. The van der Waals surface area contributed by atoms with Gasteiger partial charge < -0.3 is 4.90 Å². The van der Waals surface area contributed by atoms with Crippen LogP contribution < -0.4 is 4.90 Å². The third kappa shape index (κ3) is 4.73. The molecule has 2 aromatic carbocycles. The Labute approximate surface area is 180 Å². The Morgan fingerprint density at radius 2 is 1.93 bits per heavy atom. The third-order valence-corrected chi connectivity index (χ3v) is 6.97. The minimum absolute atomic E-state index is 0.0505. The van der Waals surface area contributed by atoms with Crippen LogP contribution in [0.25, 0.3) is 0 Å². The second-order valence-electron chi connectivity index (χ2n) is 6.70. The van der Waals surface area contributed by atoms with Crippen LogP contribution in [0, 0.1) is 11.3 Å². The van der Waals surface area contributed by atoms with E-state index in [0.717, 1.165) is 11.3 Å². The lowest BCUT2D eigenvalue weighted by Crippen LogP contribution is -2.38. The Hall–Kier alpha value is -1.49. The molecular formula is C19H18Cl3N3O2S. The molecule has 0 amide bonds. The lowest BCUT2D eigenvalue weighted by Gasteiger charge is -2.32. The summed E-state index contributed by atoms with van der Waals surface area (Å²) in [5, 5.41) is 10.6. The lowest BCUT2D eigenvalue weighted by atomic mass is 10.1. The Morgan fingerprint density at radius 1 is 1.18 bits per heavy atom. The zero-order valence-corrected chi connectivity index (χ0v) is 18.2. The quantitative estimate of drug-likeness (QED) is 0.659. The first kappa shape index (κ1) is 21.2. The van der Waals surface area contributed by atoms with Gasteiger partial charge in [-0.25, -0.2) is 12.7 Å². The minimum atomic E-state index is -3.26. The van der Waals surface area contributed by atoms with Crippen molar-refractivity contribution in [2.45, 2.75) is 19.0 Å². The number of halogens is 3. The number of hydrogen-bond acceptors (Lipinski definition) is 4. The molecule has 1 aliphatic heterocycles. The fourth-order valence-electron chi connectivity index (χ4n) is 3.30. The van der Waals surface area contributed by atoms with Crippen LogP contribution in [0.5, 0.6) is 0 Å². The molecule has 0 radical (unpaired) electrons. The van der Waals surface area contributed by atoms with E-state index in [1.165, 1.54) is 10.6 Å². The van der Waals surface area contributed by atoms with Gasteiger partial charge in [0.15, 0.2) is 0 Å². The second-order valence-corrected chi connectivity index (χ2v) is 9.94. The largest absolute Gasteiger partial charge is 0.363 e. The fourth-order valence-corrected chi connectivity index (χ4v) is 4.87. The summed E-state index contributed by atoms with van der Waals surface area (Å²) in [5.41, 5.74) is 2.05. The summed E-state index contributed by atoms with van der Waals surface area (Å²) in [6.45, 7) is 1.29. The SMILES string of the molecule is CS(=O)(=O)N1CC[C@H](N(Cc2ccc(Cl)cc2Cl)c2ccc(C#N)c(Cl)c2)C1. The molecule has 1 heterocycles. The average molecular weight is 459 g/mol. The van der Waals surface area contributed by atoms with Gasteiger partial charge in [0, 0.05) is 41.4 Å². The normalized spacial score (nSPS) is 17.5. The van der Waals surface area contributed by atoms with Crippen LogP contribution >= 0.6 is 34.8 Å². The average Bonchev–Trinajstić information content (AvgIpc) is 3.11. The van der Waals surface area contributed by atoms with Crippen molar-refractivity contribution in [2.75, 3.05) is 24.2 Å². The van der Waals surface area contributed by atoms with Crippen molar-refractivity contribution in [1.29, 1.82) is 5.26 Å². The van der Waals surface area contributed by atoms with E-state index < -0.39 is 10.0 Å². The third-order valence-electron chi connectivity index (χ3n) is 4.80. The summed E-state index contributed by atoms with van der Waals surface area (Å²) in [4.78, 5) is 2.08. The van der Waals surface area contributed by atoms with E-state index in [2.05, 4.69) is 4.90 Å². The van der Waals surface area contributed by atoms with Gasteiger partial charge in [0.2, 0.25) is 10.0 Å². The molecule has 0 N–H and O–H groups in total. The molecule has 0 bridgehead atoms.